The van der Waals surface area contributed by atoms with Crippen LogP contribution in [-0.2, 0) is 37.8 Å². The first-order chi connectivity index (χ1) is 20.6. The fraction of sp³-hybridized carbons (Fsp3) is 0.382. The lowest BCUT2D eigenvalue weighted by Gasteiger charge is -2.35. The third kappa shape index (κ3) is 6.60. The minimum absolute atomic E-state index is 0.0607. The third-order valence-corrected chi connectivity index (χ3v) is 9.65. The van der Waals surface area contributed by atoms with Crippen LogP contribution in [0, 0.1) is 17.6 Å². The van der Waals surface area contributed by atoms with Crippen molar-refractivity contribution in [3.8, 4) is 11.1 Å². The zero-order valence-corrected chi connectivity index (χ0v) is 26.4. The van der Waals surface area contributed by atoms with E-state index in [9.17, 15) is 26.8 Å². The molecule has 2 aliphatic rings. The van der Waals surface area contributed by atoms with Crippen LogP contribution in [0.25, 0.3) is 11.1 Å². The van der Waals surface area contributed by atoms with Crippen LogP contribution in [0.5, 0.6) is 0 Å². The van der Waals surface area contributed by atoms with E-state index >= 15 is 0 Å². The molecule has 7 nitrogen and oxygen atoms in total. The van der Waals surface area contributed by atoms with Gasteiger partial charge in [-0.05, 0) is 70.5 Å². The summed E-state index contributed by atoms with van der Waals surface area (Å²) < 4.78 is 52.7. The van der Waals surface area contributed by atoms with E-state index in [-0.39, 0.29) is 29.5 Å². The van der Waals surface area contributed by atoms with Crippen molar-refractivity contribution < 1.29 is 26.8 Å². The van der Waals surface area contributed by atoms with Gasteiger partial charge in [0.15, 0.2) is 21.5 Å². The Morgan fingerprint density at radius 3 is 2.41 bits per heavy atom. The summed E-state index contributed by atoms with van der Waals surface area (Å²) in [7, 11) is -1.85. The number of halogens is 2. The summed E-state index contributed by atoms with van der Waals surface area (Å²) in [5.74, 6) is -4.23. The number of fused-ring (bicyclic) bond motifs is 1. The van der Waals surface area contributed by atoms with Crippen LogP contribution in [0.2, 0.25) is 0 Å². The molecule has 0 bridgehead atoms. The van der Waals surface area contributed by atoms with Gasteiger partial charge in [-0.15, -0.1) is 0 Å². The molecule has 0 N–H and O–H groups in total. The van der Waals surface area contributed by atoms with E-state index < -0.39 is 39.3 Å². The summed E-state index contributed by atoms with van der Waals surface area (Å²) in [5.41, 5.74) is 3.73. The van der Waals surface area contributed by atoms with E-state index in [1.807, 2.05) is 39.8 Å². The molecule has 3 aromatic rings. The Morgan fingerprint density at radius 1 is 1.05 bits per heavy atom. The van der Waals surface area contributed by atoms with Gasteiger partial charge < -0.3 is 9.80 Å². The number of hydrogen-bond acceptors (Lipinski definition) is 5. The van der Waals surface area contributed by atoms with E-state index in [1.165, 1.54) is 17.0 Å². The van der Waals surface area contributed by atoms with Crippen LogP contribution < -0.4 is 0 Å². The largest absolute Gasteiger partial charge is 0.344 e. The molecule has 232 valence electrons. The highest BCUT2D eigenvalue weighted by atomic mass is 32.2. The Bertz CT molecular complexity index is 1750. The van der Waals surface area contributed by atoms with Crippen LogP contribution >= 0.6 is 0 Å². The van der Waals surface area contributed by atoms with Crippen molar-refractivity contribution in [1.29, 1.82) is 0 Å². The lowest BCUT2D eigenvalue weighted by molar-refractivity contribution is -0.144. The fourth-order valence-electron chi connectivity index (χ4n) is 5.97. The number of hydrogen-bond donors (Lipinski definition) is 0. The second kappa shape index (κ2) is 11.9. The highest BCUT2D eigenvalue weighted by molar-refractivity contribution is 7.94. The molecule has 2 aromatic carbocycles. The van der Waals surface area contributed by atoms with E-state index in [4.69, 9.17) is 0 Å². The molecule has 3 heterocycles. The molecule has 0 radical (unpaired) electrons. The standard InChI is InChI=1S/C34H37F2N3O4S/c1-21-14-25-16-23(24-7-9-28(35)29(36)17-24)6-8-27(25)31(32(40)38(5)18-21)33(41)39(26-11-13-44(42,43)20-26)19-22-10-12-37-30(15-22)34(2,3)4/h6-13,15-17,21,26,31H,14,18-20H2,1-5H3. The maximum atomic E-state index is 14.6. The normalized spacial score (nSPS) is 21.5. The molecule has 3 atom stereocenters. The van der Waals surface area contributed by atoms with E-state index in [2.05, 4.69) is 4.98 Å². The average Bonchev–Trinajstić information content (AvgIpc) is 3.32. The maximum Gasteiger partial charge on any atom is 0.240 e. The van der Waals surface area contributed by atoms with Crippen LogP contribution in [0.1, 0.15) is 56.0 Å². The molecule has 5 rings (SSSR count). The van der Waals surface area contributed by atoms with E-state index in [0.717, 1.165) is 34.4 Å². The number of carbonyl (C=O) groups is 2. The summed E-state index contributed by atoms with van der Waals surface area (Å²) in [5, 5.41) is 1.13. The molecule has 1 aromatic heterocycles. The molecule has 0 saturated carbocycles. The summed E-state index contributed by atoms with van der Waals surface area (Å²) in [6.45, 7) is 8.60. The number of benzene rings is 2. The van der Waals surface area contributed by atoms with Gasteiger partial charge >= 0.3 is 0 Å². The molecular formula is C34H37F2N3O4S. The Balaban J connectivity index is 1.60. The third-order valence-electron chi connectivity index (χ3n) is 8.27. The number of likely N-dealkylation sites (N-methyl/N-ethyl adjacent to an activating group) is 1. The van der Waals surface area contributed by atoms with Crippen molar-refractivity contribution in [3.05, 3.63) is 100 Å². The number of amides is 2. The maximum absolute atomic E-state index is 14.6. The van der Waals surface area contributed by atoms with Crippen molar-refractivity contribution in [2.45, 2.75) is 58.0 Å². The number of rotatable bonds is 5. The smallest absolute Gasteiger partial charge is 0.240 e. The summed E-state index contributed by atoms with van der Waals surface area (Å²) in [6.07, 6.45) is 3.72. The van der Waals surface area contributed by atoms with Gasteiger partial charge in [0, 0.05) is 42.9 Å². The zero-order chi connectivity index (χ0) is 32.0. The van der Waals surface area contributed by atoms with Gasteiger partial charge in [0.05, 0.1) is 11.8 Å². The van der Waals surface area contributed by atoms with Gasteiger partial charge in [0.25, 0.3) is 0 Å². The van der Waals surface area contributed by atoms with Gasteiger partial charge in [-0.1, -0.05) is 52.0 Å². The minimum Gasteiger partial charge on any atom is -0.344 e. The second-order valence-corrected chi connectivity index (χ2v) is 14.9. The number of aromatic nitrogens is 1. The average molecular weight is 622 g/mol. The van der Waals surface area contributed by atoms with E-state index in [0.29, 0.717) is 29.7 Å². The minimum atomic E-state index is -3.52. The molecule has 44 heavy (non-hydrogen) atoms. The van der Waals surface area contributed by atoms with Crippen LogP contribution in [0.4, 0.5) is 8.78 Å². The molecule has 0 fully saturated rings. The van der Waals surface area contributed by atoms with Gasteiger partial charge in [-0.3, -0.25) is 14.6 Å². The highest BCUT2D eigenvalue weighted by Gasteiger charge is 2.41. The molecule has 10 heteroatoms. The van der Waals surface area contributed by atoms with Gasteiger partial charge in [-0.25, -0.2) is 17.2 Å². The van der Waals surface area contributed by atoms with Crippen LogP contribution in [-0.4, -0.2) is 60.4 Å². The number of pyridine rings is 1. The molecule has 0 aliphatic carbocycles. The van der Waals surface area contributed by atoms with Gasteiger partial charge in [-0.2, -0.15) is 0 Å². The Hall–Kier alpha value is -3.92. The molecule has 3 unspecified atom stereocenters. The molecule has 2 amide bonds. The molecule has 0 saturated heterocycles. The van der Waals surface area contributed by atoms with Crippen LogP contribution in [0.3, 0.4) is 0 Å². The van der Waals surface area contributed by atoms with E-state index in [1.54, 1.807) is 36.3 Å². The Morgan fingerprint density at radius 2 is 1.75 bits per heavy atom. The quantitative estimate of drug-likeness (QED) is 0.356. The van der Waals surface area contributed by atoms with Crippen molar-refractivity contribution in [1.82, 2.24) is 14.8 Å². The predicted octanol–water partition coefficient (Wildman–Crippen LogP) is 5.40. The van der Waals surface area contributed by atoms with Crippen molar-refractivity contribution in [3.63, 3.8) is 0 Å². The first kappa shape index (κ1) is 31.5. The number of sulfone groups is 1. The lowest BCUT2D eigenvalue weighted by atomic mass is 9.83. The molecule has 2 aliphatic heterocycles. The summed E-state index contributed by atoms with van der Waals surface area (Å²) in [6, 6.07) is 11.9. The SMILES string of the molecule is CC1Cc2cc(-c3ccc(F)c(F)c3)ccc2C(C(=O)N(Cc2ccnc(C(C)(C)C)c2)C2C=CS(=O)(=O)C2)C(=O)N(C)C1. The van der Waals surface area contributed by atoms with Gasteiger partial charge in [0.1, 0.15) is 5.92 Å². The Labute approximate surface area is 257 Å². The summed E-state index contributed by atoms with van der Waals surface area (Å²) in [4.78, 5) is 36.2. The first-order valence-electron chi connectivity index (χ1n) is 14.6. The predicted molar refractivity (Wildman–Crippen MR) is 165 cm³/mol. The van der Waals surface area contributed by atoms with Crippen molar-refractivity contribution >= 4 is 21.7 Å². The Kier molecular flexibility index (Phi) is 8.50. The monoisotopic (exact) mass is 621 g/mol. The number of nitrogens with zero attached hydrogens (tertiary/aromatic N) is 3. The zero-order valence-electron chi connectivity index (χ0n) is 25.6. The van der Waals surface area contributed by atoms with Crippen LogP contribution in [0.15, 0.2) is 66.2 Å². The fourth-order valence-corrected chi connectivity index (χ4v) is 7.27. The first-order valence-corrected chi connectivity index (χ1v) is 16.3. The number of carbonyl (C=O) groups excluding carboxylic acids is 2. The van der Waals surface area contributed by atoms with Gasteiger partial charge in [0.2, 0.25) is 11.8 Å². The molecule has 0 spiro atoms. The highest BCUT2D eigenvalue weighted by Crippen LogP contribution is 2.35. The van der Waals surface area contributed by atoms with Crippen molar-refractivity contribution in [2.24, 2.45) is 5.92 Å². The van der Waals surface area contributed by atoms with Crippen molar-refractivity contribution in [2.75, 3.05) is 19.3 Å². The topological polar surface area (TPSA) is 87.6 Å². The summed E-state index contributed by atoms with van der Waals surface area (Å²) >= 11 is 0. The molecular weight excluding hydrogens is 584 g/mol. The second-order valence-electron chi connectivity index (χ2n) is 13.0. The lowest BCUT2D eigenvalue weighted by Crippen LogP contribution is -2.48.